The molecule has 0 saturated carbocycles. The van der Waals surface area contributed by atoms with Crippen LogP contribution in [0.3, 0.4) is 0 Å². The van der Waals surface area contributed by atoms with Crippen LogP contribution in [-0.2, 0) is 19.1 Å². The predicted octanol–water partition coefficient (Wildman–Crippen LogP) is 5.93. The number of amides is 2. The Labute approximate surface area is 245 Å². The summed E-state index contributed by atoms with van der Waals surface area (Å²) in [5.74, 6) is -3.09. The van der Waals surface area contributed by atoms with Gasteiger partial charge in [-0.3, -0.25) is 14.6 Å². The van der Waals surface area contributed by atoms with Crippen LogP contribution in [0.5, 0.6) is 0 Å². The number of ketones is 1. The maximum Gasteiger partial charge on any atom is 0.417 e. The number of aliphatic hydroxyl groups is 1. The molecule has 2 aromatic rings. The zero-order valence-corrected chi connectivity index (χ0v) is 24.7. The molecule has 0 aliphatic heterocycles. The van der Waals surface area contributed by atoms with E-state index in [0.717, 1.165) is 18.2 Å². The molecular weight excluding hydrogens is 536 g/mol. The minimum atomic E-state index is -1.57. The fraction of sp³-hybridized carbons (Fsp3) is 0.424. The third-order valence-corrected chi connectivity index (χ3v) is 7.73. The summed E-state index contributed by atoms with van der Waals surface area (Å²) in [7, 11) is 1.10. The van der Waals surface area contributed by atoms with Crippen LogP contribution in [0.25, 0.3) is 11.1 Å². The summed E-state index contributed by atoms with van der Waals surface area (Å²) in [6, 6.07) is 13.1. The highest BCUT2D eigenvalue weighted by molar-refractivity contribution is 6.23. The number of benzene rings is 2. The second-order valence-corrected chi connectivity index (χ2v) is 12.1. The highest BCUT2D eigenvalue weighted by Gasteiger charge is 2.43. The molecule has 222 valence electrons. The molecule has 9 nitrogen and oxygen atoms in total. The summed E-state index contributed by atoms with van der Waals surface area (Å²) in [5.41, 5.74) is 3.27. The predicted molar refractivity (Wildman–Crippen MR) is 158 cm³/mol. The van der Waals surface area contributed by atoms with Gasteiger partial charge in [-0.2, -0.15) is 0 Å². The van der Waals surface area contributed by atoms with Crippen LogP contribution >= 0.6 is 0 Å². The third kappa shape index (κ3) is 6.15. The van der Waals surface area contributed by atoms with Crippen molar-refractivity contribution >= 4 is 29.5 Å². The number of carbonyl (C=O) groups excluding carboxylic acids is 3. The van der Waals surface area contributed by atoms with Gasteiger partial charge >= 0.3 is 12.1 Å². The highest BCUT2D eigenvalue weighted by Crippen LogP contribution is 2.45. The summed E-state index contributed by atoms with van der Waals surface area (Å²) in [6.07, 6.45) is -0.292. The van der Waals surface area contributed by atoms with E-state index in [-0.39, 0.29) is 47.8 Å². The molecule has 4 rings (SSSR count). The molecule has 0 saturated heterocycles. The SMILES string of the molecule is COC(=O)N(C(=O)C1c2ccccc2-c2ccccc21)C(CCN=C(CC(C)C)C1=C(O)CC(C)(C)CC1=O)C(=O)O. The second-order valence-electron chi connectivity index (χ2n) is 12.1. The van der Waals surface area contributed by atoms with Crippen molar-refractivity contribution < 1.29 is 34.1 Å². The molecule has 1 unspecified atom stereocenters. The maximum atomic E-state index is 14.1. The van der Waals surface area contributed by atoms with Crippen LogP contribution in [0.1, 0.15) is 70.4 Å². The van der Waals surface area contributed by atoms with Crippen molar-refractivity contribution in [1.82, 2.24) is 4.90 Å². The molecule has 9 heteroatoms. The average molecular weight is 575 g/mol. The number of imide groups is 1. The van der Waals surface area contributed by atoms with Crippen molar-refractivity contribution in [2.75, 3.05) is 13.7 Å². The van der Waals surface area contributed by atoms with Crippen molar-refractivity contribution in [3.05, 3.63) is 71.0 Å². The Morgan fingerprint density at radius 1 is 1.02 bits per heavy atom. The third-order valence-electron chi connectivity index (χ3n) is 7.73. The van der Waals surface area contributed by atoms with Crippen molar-refractivity contribution in [2.24, 2.45) is 16.3 Å². The van der Waals surface area contributed by atoms with Gasteiger partial charge < -0.3 is 14.9 Å². The van der Waals surface area contributed by atoms with E-state index in [1.165, 1.54) is 0 Å². The number of aliphatic carboxylic acids is 1. The van der Waals surface area contributed by atoms with Crippen molar-refractivity contribution in [3.63, 3.8) is 0 Å². The highest BCUT2D eigenvalue weighted by atomic mass is 16.5. The van der Waals surface area contributed by atoms with Gasteiger partial charge in [-0.15, -0.1) is 0 Å². The first-order chi connectivity index (χ1) is 19.9. The summed E-state index contributed by atoms with van der Waals surface area (Å²) < 4.78 is 4.90. The van der Waals surface area contributed by atoms with Crippen LogP contribution in [0.4, 0.5) is 4.79 Å². The molecule has 0 spiro atoms. The van der Waals surface area contributed by atoms with Gasteiger partial charge in [0.15, 0.2) is 5.78 Å². The van der Waals surface area contributed by atoms with E-state index in [9.17, 15) is 29.4 Å². The summed E-state index contributed by atoms with van der Waals surface area (Å²) in [5, 5.41) is 21.0. The van der Waals surface area contributed by atoms with Crippen molar-refractivity contribution in [2.45, 2.75) is 65.3 Å². The van der Waals surface area contributed by atoms with E-state index >= 15 is 0 Å². The lowest BCUT2D eigenvalue weighted by Crippen LogP contribution is -2.50. The smallest absolute Gasteiger partial charge is 0.417 e. The number of aliphatic imine (C=N–C) groups is 1. The van der Waals surface area contributed by atoms with Crippen LogP contribution in [-0.4, -0.2) is 64.3 Å². The maximum absolute atomic E-state index is 14.1. The fourth-order valence-electron chi connectivity index (χ4n) is 5.96. The van der Waals surface area contributed by atoms with Crippen LogP contribution < -0.4 is 0 Å². The van der Waals surface area contributed by atoms with Crippen molar-refractivity contribution in [3.8, 4) is 11.1 Å². The molecule has 0 heterocycles. The Morgan fingerprint density at radius 3 is 2.10 bits per heavy atom. The summed E-state index contributed by atoms with van der Waals surface area (Å²) >= 11 is 0. The second kappa shape index (κ2) is 12.3. The number of nitrogens with zero attached hydrogens (tertiary/aromatic N) is 2. The van der Waals surface area contributed by atoms with E-state index < -0.39 is 29.9 Å². The molecule has 2 amide bonds. The zero-order valence-electron chi connectivity index (χ0n) is 24.7. The molecule has 0 bridgehead atoms. The number of allylic oxidation sites excluding steroid dienone is 2. The Morgan fingerprint density at radius 2 is 1.60 bits per heavy atom. The van der Waals surface area contributed by atoms with Gasteiger partial charge in [0, 0.05) is 25.1 Å². The number of carboxylic acids is 1. The number of Topliss-reactive ketones (excluding diaryl/α,β-unsaturated/α-hetero) is 1. The number of methoxy groups -OCH3 is 1. The molecule has 0 fully saturated rings. The Balaban J connectivity index is 1.67. The first kappa shape index (κ1) is 30.7. The number of aliphatic hydroxyl groups excluding tert-OH is 1. The quantitative estimate of drug-likeness (QED) is 0.355. The first-order valence-corrected chi connectivity index (χ1v) is 14.2. The number of ether oxygens (including phenoxy) is 1. The zero-order chi connectivity index (χ0) is 30.8. The number of hydrogen-bond donors (Lipinski definition) is 2. The monoisotopic (exact) mass is 574 g/mol. The lowest BCUT2D eigenvalue weighted by molar-refractivity contribution is -0.149. The number of fused-ring (bicyclic) bond motifs is 3. The Bertz CT molecular complexity index is 1420. The number of carbonyl (C=O) groups is 4. The summed E-state index contributed by atoms with van der Waals surface area (Å²) in [4.78, 5) is 57.9. The van der Waals surface area contributed by atoms with Crippen LogP contribution in [0.15, 0.2) is 64.9 Å². The summed E-state index contributed by atoms with van der Waals surface area (Å²) in [6.45, 7) is 7.64. The van der Waals surface area contributed by atoms with Crippen molar-refractivity contribution in [1.29, 1.82) is 0 Å². The van der Waals surface area contributed by atoms with Gasteiger partial charge in [0.25, 0.3) is 0 Å². The minimum Gasteiger partial charge on any atom is -0.511 e. The number of carboxylic acid groups (broad SMARTS) is 1. The van der Waals surface area contributed by atoms with Gasteiger partial charge in [0.05, 0.1) is 18.6 Å². The molecular formula is C33H38N2O7. The molecule has 2 aliphatic rings. The number of rotatable bonds is 9. The topological polar surface area (TPSA) is 134 Å². The van der Waals surface area contributed by atoms with E-state index in [1.807, 2.05) is 52.0 Å². The largest absolute Gasteiger partial charge is 0.511 e. The average Bonchev–Trinajstić information content (AvgIpc) is 3.25. The lowest BCUT2D eigenvalue weighted by Gasteiger charge is -2.30. The van der Waals surface area contributed by atoms with Gasteiger partial charge in [0.2, 0.25) is 5.91 Å². The van der Waals surface area contributed by atoms with E-state index in [0.29, 0.717) is 34.6 Å². The van der Waals surface area contributed by atoms with Crippen LogP contribution in [0.2, 0.25) is 0 Å². The standard InChI is InChI=1S/C33H38N2O7/c1-19(2)16-24(29-26(36)17-33(3,4)18-27(29)37)34-15-14-25(31(39)40)35(32(41)42-5)30(38)28-22-12-8-6-10-20(22)21-11-7-9-13-23(21)28/h6-13,19,25,28,36H,14-18H2,1-5H3,(H,39,40). The van der Waals surface area contributed by atoms with Gasteiger partial charge in [-0.05, 0) is 46.4 Å². The first-order valence-electron chi connectivity index (χ1n) is 14.2. The molecule has 42 heavy (non-hydrogen) atoms. The molecule has 2 aromatic carbocycles. The van der Waals surface area contributed by atoms with E-state index in [1.54, 1.807) is 24.3 Å². The van der Waals surface area contributed by atoms with E-state index in [4.69, 9.17) is 4.74 Å². The Kier molecular flexibility index (Phi) is 8.99. The van der Waals surface area contributed by atoms with Crippen LogP contribution in [0, 0.1) is 11.3 Å². The Hall–Kier alpha value is -4.27. The molecule has 2 N–H and O–H groups in total. The van der Waals surface area contributed by atoms with Gasteiger partial charge in [-0.1, -0.05) is 76.2 Å². The molecule has 0 aromatic heterocycles. The van der Waals surface area contributed by atoms with Gasteiger partial charge in [-0.25, -0.2) is 14.5 Å². The normalized spacial score (nSPS) is 17.1. The molecule has 0 radical (unpaired) electrons. The lowest BCUT2D eigenvalue weighted by atomic mass is 9.75. The molecule has 1 atom stereocenters. The number of hydrogen-bond acceptors (Lipinski definition) is 7. The molecule has 2 aliphatic carbocycles. The van der Waals surface area contributed by atoms with Gasteiger partial charge in [0.1, 0.15) is 11.8 Å². The minimum absolute atomic E-state index is 0.0182. The van der Waals surface area contributed by atoms with E-state index in [2.05, 4.69) is 4.99 Å². The fourth-order valence-corrected chi connectivity index (χ4v) is 5.96.